The molecule has 0 aliphatic heterocycles. The summed E-state index contributed by atoms with van der Waals surface area (Å²) >= 11 is 0. The van der Waals surface area contributed by atoms with Crippen molar-refractivity contribution in [3.63, 3.8) is 0 Å². The number of nitrogens with zero attached hydrogens (tertiary/aromatic N) is 1. The maximum absolute atomic E-state index is 12.3. The van der Waals surface area contributed by atoms with E-state index in [0.29, 0.717) is 0 Å². The summed E-state index contributed by atoms with van der Waals surface area (Å²) in [6.07, 6.45) is 0.198. The fraction of sp³-hybridized carbons (Fsp3) is 0.684. The summed E-state index contributed by atoms with van der Waals surface area (Å²) in [6, 6.07) is 0. The normalized spacial score (nSPS) is 12.1. The number of carbonyl (C=O) groups is 6. The zero-order valence-electron chi connectivity index (χ0n) is 18.9. The molecule has 0 aromatic carbocycles. The molecule has 13 heteroatoms. The molecule has 182 valence electrons. The third kappa shape index (κ3) is 10.7. The molecule has 5 N–H and O–H groups in total. The molecular weight excluding hydrogens is 426 g/mol. The number of rotatable bonds is 15. The van der Waals surface area contributed by atoms with E-state index in [1.54, 1.807) is 6.92 Å². The van der Waals surface area contributed by atoms with Gasteiger partial charge in [0.25, 0.3) is 0 Å². The van der Waals surface area contributed by atoms with Gasteiger partial charge in [0.2, 0.25) is 29.5 Å². The van der Waals surface area contributed by atoms with Crippen LogP contribution in [0.3, 0.4) is 0 Å². The van der Waals surface area contributed by atoms with Gasteiger partial charge < -0.3 is 36.0 Å². The molecule has 0 bridgehead atoms. The van der Waals surface area contributed by atoms with Crippen molar-refractivity contribution in [2.45, 2.75) is 38.6 Å². The van der Waals surface area contributed by atoms with Gasteiger partial charge in [-0.25, -0.2) is 4.79 Å². The molecule has 0 aromatic heterocycles. The lowest BCUT2D eigenvalue weighted by atomic mass is 9.96. The van der Waals surface area contributed by atoms with Crippen LogP contribution in [0.5, 0.6) is 0 Å². The minimum atomic E-state index is -1.45. The van der Waals surface area contributed by atoms with Gasteiger partial charge in [0.1, 0.15) is 5.54 Å². The van der Waals surface area contributed by atoms with E-state index in [0.717, 1.165) is 4.90 Å². The molecule has 32 heavy (non-hydrogen) atoms. The van der Waals surface area contributed by atoms with Crippen LogP contribution in [0.4, 0.5) is 0 Å². The second-order valence-corrected chi connectivity index (χ2v) is 7.06. The van der Waals surface area contributed by atoms with Crippen LogP contribution in [0.25, 0.3) is 0 Å². The molecule has 0 radical (unpaired) electrons. The molecular formula is C19H33N5O8. The smallest absolute Gasteiger partial charge is 0.329 e. The molecule has 0 fully saturated rings. The summed E-state index contributed by atoms with van der Waals surface area (Å²) in [5, 5.41) is 18.8. The first-order valence-corrected chi connectivity index (χ1v) is 10.0. The number of likely N-dealkylation sites (N-methyl/N-ethyl adjacent to an activating group) is 1. The lowest BCUT2D eigenvalue weighted by molar-refractivity contribution is -0.157. The van der Waals surface area contributed by atoms with Gasteiger partial charge in [0, 0.05) is 46.6 Å². The Morgan fingerprint density at radius 3 is 1.78 bits per heavy atom. The summed E-state index contributed by atoms with van der Waals surface area (Å²) in [6.45, 7) is 2.16. The number of carbonyl (C=O) groups excluding carboxylic acids is 5. The zero-order chi connectivity index (χ0) is 24.7. The minimum absolute atomic E-state index is 0.0499. The van der Waals surface area contributed by atoms with Crippen molar-refractivity contribution in [3.8, 4) is 0 Å². The first-order valence-electron chi connectivity index (χ1n) is 10.0. The summed E-state index contributed by atoms with van der Waals surface area (Å²) < 4.78 is 4.90. The van der Waals surface area contributed by atoms with Gasteiger partial charge in [0.15, 0.2) is 0 Å². The number of methoxy groups -OCH3 is 1. The highest BCUT2D eigenvalue weighted by molar-refractivity contribution is 5.90. The molecule has 0 rings (SSSR count). The maximum Gasteiger partial charge on any atom is 0.329 e. The minimum Gasteiger partial charge on any atom is -0.480 e. The van der Waals surface area contributed by atoms with Gasteiger partial charge in [-0.05, 0) is 6.92 Å². The largest absolute Gasteiger partial charge is 0.480 e. The molecule has 0 spiro atoms. The number of amides is 5. The quantitative estimate of drug-likeness (QED) is 0.179. The number of nitrogens with one attached hydrogen (secondary N) is 4. The van der Waals surface area contributed by atoms with Gasteiger partial charge in [-0.15, -0.1) is 0 Å². The SMILES string of the molecule is CCC(=O)NCC(=O)NCC(=O)NCC(=O)NCCC(=O)N(C)C(C)(CCOC)C(=O)O. The van der Waals surface area contributed by atoms with Crippen molar-refractivity contribution in [1.29, 1.82) is 0 Å². The monoisotopic (exact) mass is 459 g/mol. The molecule has 0 aliphatic carbocycles. The standard InChI is InChI=1S/C19H33N5O8/c1-5-13(25)21-11-15(27)23-12-16(28)22-10-14(26)20-8-6-17(29)24(3)19(2,18(30)31)7-9-32-4/h5-12H2,1-4H3,(H,20,26)(H,21,25)(H,22,28)(H,23,27)(H,30,31). The first-order chi connectivity index (χ1) is 15.0. The number of carboxylic acid groups (broad SMARTS) is 1. The van der Waals surface area contributed by atoms with Gasteiger partial charge in [-0.1, -0.05) is 6.92 Å². The second kappa shape index (κ2) is 14.7. The number of hydrogen-bond acceptors (Lipinski definition) is 7. The fourth-order valence-corrected chi connectivity index (χ4v) is 2.32. The third-order valence-electron chi connectivity index (χ3n) is 4.69. The Balaban J connectivity index is 4.24. The van der Waals surface area contributed by atoms with E-state index in [1.807, 2.05) is 0 Å². The van der Waals surface area contributed by atoms with Crippen LogP contribution < -0.4 is 21.3 Å². The van der Waals surface area contributed by atoms with Crippen molar-refractivity contribution in [3.05, 3.63) is 0 Å². The van der Waals surface area contributed by atoms with E-state index in [2.05, 4.69) is 21.3 Å². The number of ether oxygens (including phenoxy) is 1. The molecule has 13 nitrogen and oxygen atoms in total. The van der Waals surface area contributed by atoms with Gasteiger partial charge in [-0.3, -0.25) is 24.0 Å². The molecule has 0 saturated heterocycles. The molecule has 0 heterocycles. The fourth-order valence-electron chi connectivity index (χ4n) is 2.32. The van der Waals surface area contributed by atoms with E-state index in [9.17, 15) is 33.9 Å². The topological polar surface area (TPSA) is 183 Å². The van der Waals surface area contributed by atoms with E-state index < -0.39 is 35.1 Å². The molecule has 0 aromatic rings. The van der Waals surface area contributed by atoms with Crippen LogP contribution in [0.2, 0.25) is 0 Å². The number of hydrogen-bond donors (Lipinski definition) is 5. The van der Waals surface area contributed by atoms with Crippen LogP contribution >= 0.6 is 0 Å². The van der Waals surface area contributed by atoms with Gasteiger partial charge in [-0.2, -0.15) is 0 Å². The first kappa shape index (κ1) is 28.8. The van der Waals surface area contributed by atoms with E-state index >= 15 is 0 Å². The second-order valence-electron chi connectivity index (χ2n) is 7.06. The average molecular weight is 460 g/mol. The van der Waals surface area contributed by atoms with Crippen molar-refractivity contribution in [1.82, 2.24) is 26.2 Å². The Kier molecular flexibility index (Phi) is 13.2. The van der Waals surface area contributed by atoms with Gasteiger partial charge >= 0.3 is 5.97 Å². The molecule has 1 atom stereocenters. The molecule has 0 saturated carbocycles. The van der Waals surface area contributed by atoms with E-state index in [1.165, 1.54) is 21.1 Å². The van der Waals surface area contributed by atoms with Crippen LogP contribution in [0, 0.1) is 0 Å². The number of carboxylic acids is 1. The van der Waals surface area contributed by atoms with Crippen LogP contribution in [-0.4, -0.2) is 98.0 Å². The predicted molar refractivity (Wildman–Crippen MR) is 112 cm³/mol. The van der Waals surface area contributed by atoms with Crippen molar-refractivity contribution < 1.29 is 38.6 Å². The lowest BCUT2D eigenvalue weighted by Crippen LogP contribution is -2.54. The Bertz CT molecular complexity index is 699. The third-order valence-corrected chi connectivity index (χ3v) is 4.69. The van der Waals surface area contributed by atoms with Crippen molar-refractivity contribution in [2.75, 3.05) is 46.9 Å². The average Bonchev–Trinajstić information content (AvgIpc) is 2.77. The highest BCUT2D eigenvalue weighted by Gasteiger charge is 2.39. The molecule has 5 amide bonds. The Hall–Kier alpha value is -3.22. The Labute approximate surface area is 186 Å². The zero-order valence-corrected chi connectivity index (χ0v) is 18.9. The highest BCUT2D eigenvalue weighted by atomic mass is 16.5. The van der Waals surface area contributed by atoms with Crippen molar-refractivity contribution >= 4 is 35.5 Å². The number of aliphatic carboxylic acids is 1. The predicted octanol–water partition coefficient (Wildman–Crippen LogP) is -2.41. The Morgan fingerprint density at radius 2 is 1.34 bits per heavy atom. The van der Waals surface area contributed by atoms with Crippen LogP contribution in [-0.2, 0) is 33.5 Å². The lowest BCUT2D eigenvalue weighted by Gasteiger charge is -2.35. The molecule has 1 unspecified atom stereocenters. The van der Waals surface area contributed by atoms with E-state index in [4.69, 9.17) is 4.74 Å². The highest BCUT2D eigenvalue weighted by Crippen LogP contribution is 2.19. The van der Waals surface area contributed by atoms with Crippen molar-refractivity contribution in [2.24, 2.45) is 0 Å². The van der Waals surface area contributed by atoms with E-state index in [-0.39, 0.29) is 58.0 Å². The Morgan fingerprint density at radius 1 is 0.875 bits per heavy atom. The summed E-state index contributed by atoms with van der Waals surface area (Å²) in [5.41, 5.74) is -1.45. The molecule has 0 aliphatic rings. The van der Waals surface area contributed by atoms with Crippen LogP contribution in [0.1, 0.15) is 33.1 Å². The van der Waals surface area contributed by atoms with Crippen LogP contribution in [0.15, 0.2) is 0 Å². The summed E-state index contributed by atoms with van der Waals surface area (Å²) in [4.78, 5) is 71.0. The maximum atomic E-state index is 12.3. The summed E-state index contributed by atoms with van der Waals surface area (Å²) in [7, 11) is 2.80. The summed E-state index contributed by atoms with van der Waals surface area (Å²) in [5.74, 6) is -3.66. The van der Waals surface area contributed by atoms with Gasteiger partial charge in [0.05, 0.1) is 19.6 Å².